The number of hydrogen-bond donors (Lipinski definition) is 1. The Kier molecular flexibility index (Phi) is 7.13. The molecule has 0 aliphatic carbocycles. The van der Waals surface area contributed by atoms with Crippen LogP contribution in [0.4, 0.5) is 0 Å². The number of ketones is 1. The molecular weight excluding hydrogens is 671 g/mol. The molecule has 0 aliphatic heterocycles. The van der Waals surface area contributed by atoms with Crippen molar-refractivity contribution in [3.05, 3.63) is 103 Å². The zero-order valence-electron chi connectivity index (χ0n) is 20.6. The standard InChI is InChI=1S/C27H14NOS.C5H8O2.Ir/c1-4-10-21-18(8-1)25-19-9-2-5-11-22(19)29-27(25)26(28-21)16-13-14-24-20(15-16)17-7-3-6-12-23(17)30-24;1-4(6)3-5(2)7;/h1-12,14-15H;3,6H,1-2H3;/q-1;;/b;4-3-;. The minimum Gasteiger partial charge on any atom is -0.512 e. The number of pyridine rings is 1. The molecule has 0 saturated heterocycles. The molecule has 3 heterocycles. The van der Waals surface area contributed by atoms with Crippen LogP contribution in [-0.2, 0) is 24.9 Å². The monoisotopic (exact) mass is 693 g/mol. The Bertz CT molecular complexity index is 2000. The van der Waals surface area contributed by atoms with Gasteiger partial charge < -0.3 is 9.52 Å². The zero-order chi connectivity index (χ0) is 25.5. The third-order valence-electron chi connectivity index (χ3n) is 6.19. The maximum Gasteiger partial charge on any atom is 0.155 e. The number of aliphatic hydroxyl groups is 1. The van der Waals surface area contributed by atoms with Crippen molar-refractivity contribution in [2.45, 2.75) is 13.8 Å². The smallest absolute Gasteiger partial charge is 0.155 e. The number of benzene rings is 4. The molecule has 38 heavy (non-hydrogen) atoms. The van der Waals surface area contributed by atoms with Crippen molar-refractivity contribution >= 4 is 70.1 Å². The quantitative estimate of drug-likeness (QED) is 0.112. The number of aliphatic hydroxyl groups excluding tert-OH is 1. The van der Waals surface area contributed by atoms with Gasteiger partial charge in [-0.3, -0.25) is 9.78 Å². The molecule has 7 aromatic rings. The number of hydrogen-bond acceptors (Lipinski definition) is 5. The fraction of sp³-hybridized carbons (Fsp3) is 0.0625. The van der Waals surface area contributed by atoms with Crippen molar-refractivity contribution in [3.8, 4) is 11.3 Å². The van der Waals surface area contributed by atoms with Gasteiger partial charge in [0, 0.05) is 52.7 Å². The number of nitrogens with zero attached hydrogens (tertiary/aromatic N) is 1. The Morgan fingerprint density at radius 1 is 0.895 bits per heavy atom. The van der Waals surface area contributed by atoms with Gasteiger partial charge >= 0.3 is 0 Å². The van der Waals surface area contributed by atoms with Crippen molar-refractivity contribution in [2.75, 3.05) is 0 Å². The molecule has 1 N–H and O–H groups in total. The number of carbonyl (C=O) groups excluding carboxylic acids is 1. The third-order valence-corrected chi connectivity index (χ3v) is 7.33. The van der Waals surface area contributed by atoms with Crippen LogP contribution in [0.2, 0.25) is 0 Å². The molecule has 4 aromatic carbocycles. The first kappa shape index (κ1) is 25.8. The van der Waals surface area contributed by atoms with Gasteiger partial charge in [0.1, 0.15) is 11.2 Å². The van der Waals surface area contributed by atoms with Crippen molar-refractivity contribution in [3.63, 3.8) is 0 Å². The zero-order valence-corrected chi connectivity index (χ0v) is 23.8. The van der Waals surface area contributed by atoms with Crippen LogP contribution in [0, 0.1) is 6.07 Å². The van der Waals surface area contributed by atoms with Crippen LogP contribution in [-0.4, -0.2) is 15.9 Å². The molecular formula is C32H22IrNO3S-. The summed E-state index contributed by atoms with van der Waals surface area (Å²) in [6.45, 7) is 2.85. The molecule has 0 amide bonds. The van der Waals surface area contributed by atoms with Crippen LogP contribution in [0.1, 0.15) is 13.8 Å². The molecule has 189 valence electrons. The van der Waals surface area contributed by atoms with Gasteiger partial charge in [-0.1, -0.05) is 60.0 Å². The summed E-state index contributed by atoms with van der Waals surface area (Å²) in [6.07, 6.45) is 1.17. The fourth-order valence-corrected chi connectivity index (χ4v) is 5.78. The number of para-hydroxylation sites is 2. The van der Waals surface area contributed by atoms with E-state index in [9.17, 15) is 4.79 Å². The Balaban J connectivity index is 0.000000329. The molecule has 0 fully saturated rings. The molecule has 0 atom stereocenters. The summed E-state index contributed by atoms with van der Waals surface area (Å²) < 4.78 is 8.87. The average molecular weight is 693 g/mol. The van der Waals surface area contributed by atoms with E-state index in [1.54, 1.807) is 11.3 Å². The van der Waals surface area contributed by atoms with Crippen molar-refractivity contribution in [1.29, 1.82) is 0 Å². The number of aromatic nitrogens is 1. The van der Waals surface area contributed by atoms with E-state index in [0.29, 0.717) is 0 Å². The van der Waals surface area contributed by atoms with Gasteiger partial charge in [0.05, 0.1) is 11.3 Å². The van der Waals surface area contributed by atoms with Crippen LogP contribution in [0.25, 0.3) is 64.3 Å². The second-order valence-electron chi connectivity index (χ2n) is 8.90. The predicted molar refractivity (Wildman–Crippen MR) is 153 cm³/mol. The summed E-state index contributed by atoms with van der Waals surface area (Å²) in [7, 11) is 0. The predicted octanol–water partition coefficient (Wildman–Crippen LogP) is 9.00. The van der Waals surface area contributed by atoms with E-state index in [4.69, 9.17) is 14.5 Å². The van der Waals surface area contributed by atoms with E-state index in [-0.39, 0.29) is 31.6 Å². The first-order chi connectivity index (χ1) is 18.0. The van der Waals surface area contributed by atoms with Crippen LogP contribution in [0.15, 0.2) is 101 Å². The molecule has 0 saturated carbocycles. The van der Waals surface area contributed by atoms with Crippen LogP contribution < -0.4 is 0 Å². The minimum atomic E-state index is -0.125. The first-order valence-electron chi connectivity index (χ1n) is 11.9. The number of carbonyl (C=O) groups is 1. The number of rotatable bonds is 2. The van der Waals surface area contributed by atoms with Gasteiger partial charge in [-0.25, -0.2) is 0 Å². The maximum absolute atomic E-state index is 10.0. The maximum atomic E-state index is 10.0. The van der Waals surface area contributed by atoms with E-state index >= 15 is 0 Å². The van der Waals surface area contributed by atoms with Crippen molar-refractivity contribution in [1.82, 2.24) is 4.98 Å². The van der Waals surface area contributed by atoms with Gasteiger partial charge in [0.15, 0.2) is 5.78 Å². The molecule has 7 rings (SSSR count). The fourth-order valence-electron chi connectivity index (χ4n) is 4.72. The summed E-state index contributed by atoms with van der Waals surface area (Å²) >= 11 is 1.80. The van der Waals surface area contributed by atoms with Crippen LogP contribution >= 0.6 is 11.3 Å². The van der Waals surface area contributed by atoms with Gasteiger partial charge in [0.2, 0.25) is 0 Å². The van der Waals surface area contributed by atoms with E-state index in [1.165, 1.54) is 40.1 Å². The first-order valence-corrected chi connectivity index (χ1v) is 12.7. The van der Waals surface area contributed by atoms with E-state index in [1.807, 2.05) is 18.2 Å². The number of fused-ring (bicyclic) bond motifs is 8. The topological polar surface area (TPSA) is 63.3 Å². The Labute approximate surface area is 236 Å². The van der Waals surface area contributed by atoms with E-state index < -0.39 is 0 Å². The van der Waals surface area contributed by atoms with Gasteiger partial charge in [-0.15, -0.1) is 23.8 Å². The van der Waals surface area contributed by atoms with E-state index in [0.717, 1.165) is 44.1 Å². The second kappa shape index (κ2) is 10.5. The molecule has 1 radical (unpaired) electrons. The summed E-state index contributed by atoms with van der Waals surface area (Å²) in [5.74, 6) is -0.0625. The number of furan rings is 1. The molecule has 6 heteroatoms. The summed E-state index contributed by atoms with van der Waals surface area (Å²) in [6, 6.07) is 32.8. The van der Waals surface area contributed by atoms with Gasteiger partial charge in [-0.05, 0) is 42.1 Å². The molecule has 4 nitrogen and oxygen atoms in total. The molecule has 0 aliphatic rings. The largest absolute Gasteiger partial charge is 0.512 e. The van der Waals surface area contributed by atoms with Crippen molar-refractivity contribution in [2.24, 2.45) is 0 Å². The SMILES string of the molecule is CC(=O)/C=C(/C)O.[Ir].[c-]1cc2sc3ccccc3c2cc1-c1nc2ccccc2c2c1oc1ccccc12. The average Bonchev–Trinajstić information content (AvgIpc) is 3.46. The Morgan fingerprint density at radius 3 is 2.32 bits per heavy atom. The summed E-state index contributed by atoms with van der Waals surface area (Å²) in [4.78, 5) is 15.0. The van der Waals surface area contributed by atoms with Gasteiger partial charge in [0.25, 0.3) is 0 Å². The number of thiophene rings is 1. The summed E-state index contributed by atoms with van der Waals surface area (Å²) in [5.41, 5.74) is 4.48. The minimum absolute atomic E-state index is 0. The van der Waals surface area contributed by atoms with Crippen molar-refractivity contribution < 1.29 is 34.4 Å². The van der Waals surface area contributed by atoms with E-state index in [2.05, 4.69) is 72.8 Å². The van der Waals surface area contributed by atoms with Crippen LogP contribution in [0.5, 0.6) is 0 Å². The van der Waals surface area contributed by atoms with Gasteiger partial charge in [-0.2, -0.15) is 11.3 Å². The summed E-state index contributed by atoms with van der Waals surface area (Å²) in [5, 5.41) is 14.2. The van der Waals surface area contributed by atoms with Crippen LogP contribution in [0.3, 0.4) is 0 Å². The second-order valence-corrected chi connectivity index (χ2v) is 9.98. The molecule has 3 aromatic heterocycles. The number of allylic oxidation sites excluding steroid dienone is 2. The third kappa shape index (κ3) is 4.63. The Hall–Kier alpha value is -3.83. The molecule has 0 bridgehead atoms. The normalized spacial score (nSPS) is 11.6. The molecule has 0 unspecified atom stereocenters. The molecule has 0 spiro atoms. The Morgan fingerprint density at radius 2 is 1.58 bits per heavy atom.